The Bertz CT molecular complexity index is 1340. The first-order valence-electron chi connectivity index (χ1n) is 11.3. The third-order valence-corrected chi connectivity index (χ3v) is 8.89. The number of sulfone groups is 1. The fourth-order valence-electron chi connectivity index (χ4n) is 4.87. The van der Waals surface area contributed by atoms with Gasteiger partial charge in [-0.15, -0.1) is 0 Å². The number of nitrogens with two attached hydrogens (primary N) is 1. The van der Waals surface area contributed by atoms with E-state index in [4.69, 9.17) is 22.1 Å². The third-order valence-electron chi connectivity index (χ3n) is 6.67. The average Bonchev–Trinajstić information content (AvgIpc) is 3.20. The summed E-state index contributed by atoms with van der Waals surface area (Å²) >= 11 is 9.79. The number of halogens is 2. The number of hydrogen-bond acceptors (Lipinski definition) is 6. The fourth-order valence-corrected chi connectivity index (χ4v) is 6.47. The van der Waals surface area contributed by atoms with E-state index in [2.05, 4.69) is 32.2 Å². The molecular weight excluding hydrogens is 554 g/mol. The summed E-state index contributed by atoms with van der Waals surface area (Å²) in [5.41, 5.74) is 11.0. The van der Waals surface area contributed by atoms with E-state index in [1.807, 2.05) is 42.5 Å². The molecule has 35 heavy (non-hydrogen) atoms. The van der Waals surface area contributed by atoms with Crippen molar-refractivity contribution in [3.8, 4) is 5.75 Å². The summed E-state index contributed by atoms with van der Waals surface area (Å²) < 4.78 is 29.3. The summed E-state index contributed by atoms with van der Waals surface area (Å²) in [5, 5.41) is 4.67. The summed E-state index contributed by atoms with van der Waals surface area (Å²) in [5.74, 6) is 0.369. The number of carbonyl (C=O) groups is 1. The van der Waals surface area contributed by atoms with Crippen LogP contribution in [0.4, 0.5) is 11.4 Å². The molecule has 2 heterocycles. The second-order valence-corrected chi connectivity index (χ2v) is 12.3. The molecule has 0 spiro atoms. The number of fused-ring (bicyclic) bond motifs is 3. The van der Waals surface area contributed by atoms with Crippen LogP contribution in [0.25, 0.3) is 5.57 Å². The average molecular weight is 579 g/mol. The number of ether oxygens (including phenoxy) is 1. The van der Waals surface area contributed by atoms with Gasteiger partial charge >= 0.3 is 0 Å². The van der Waals surface area contributed by atoms with Crippen LogP contribution in [0, 0.1) is 0 Å². The van der Waals surface area contributed by atoms with E-state index >= 15 is 0 Å². The van der Waals surface area contributed by atoms with Crippen molar-refractivity contribution in [2.75, 3.05) is 46.7 Å². The van der Waals surface area contributed by atoms with E-state index < -0.39 is 15.7 Å². The van der Waals surface area contributed by atoms with Crippen LogP contribution in [0.15, 0.2) is 54.1 Å². The van der Waals surface area contributed by atoms with Crippen molar-refractivity contribution < 1.29 is 17.9 Å². The number of benzene rings is 2. The standard InChI is InChI=1S/C25H25BrClN3O4S/c26-5-8-34-23-4-1-15(13-21(23)27)16-11-19-18-3-2-17(30-6-9-35(32,33)10-7-30)14-22(18)29-24(19)20(12-16)25(28)31/h1-4,11-14,19,24,29H,5-10H2,(H2,28,31). The zero-order valence-electron chi connectivity index (χ0n) is 18.8. The Morgan fingerprint density at radius 2 is 1.97 bits per heavy atom. The molecule has 1 saturated heterocycles. The van der Waals surface area contributed by atoms with Crippen LogP contribution in [0.1, 0.15) is 17.0 Å². The molecule has 2 unspecified atom stereocenters. The van der Waals surface area contributed by atoms with Gasteiger partial charge in [-0.1, -0.05) is 45.7 Å². The van der Waals surface area contributed by atoms with Crippen molar-refractivity contribution in [3.63, 3.8) is 0 Å². The SMILES string of the molecule is NC(=O)C1=CC(c2ccc(OCCBr)c(Cl)c2)=CC2c3ccc(N4CCS(=O)(=O)CC4)cc3NC12. The van der Waals surface area contributed by atoms with Gasteiger partial charge in [0.15, 0.2) is 9.84 Å². The normalized spacial score (nSPS) is 22.4. The molecule has 1 aliphatic carbocycles. The van der Waals surface area contributed by atoms with Crippen LogP contribution < -0.4 is 20.7 Å². The Kier molecular flexibility index (Phi) is 6.59. The number of alkyl halides is 1. The number of carbonyl (C=O) groups excluding carboxylic acids is 1. The van der Waals surface area contributed by atoms with E-state index in [1.54, 1.807) is 0 Å². The largest absolute Gasteiger partial charge is 0.491 e. The van der Waals surface area contributed by atoms with E-state index in [0.717, 1.165) is 28.1 Å². The highest BCUT2D eigenvalue weighted by Crippen LogP contribution is 2.46. The first-order chi connectivity index (χ1) is 16.8. The third kappa shape index (κ3) is 4.81. The lowest BCUT2D eigenvalue weighted by atomic mass is 9.82. The minimum atomic E-state index is -2.96. The van der Waals surface area contributed by atoms with Gasteiger partial charge in [-0.05, 0) is 47.0 Å². The Morgan fingerprint density at radius 3 is 2.66 bits per heavy atom. The van der Waals surface area contributed by atoms with Crippen LogP contribution in [0.3, 0.4) is 0 Å². The van der Waals surface area contributed by atoms with Gasteiger partial charge in [0.25, 0.3) is 0 Å². The molecule has 184 valence electrons. The van der Waals surface area contributed by atoms with Crippen molar-refractivity contribution in [1.82, 2.24) is 0 Å². The van der Waals surface area contributed by atoms with Gasteiger partial charge in [0, 0.05) is 41.3 Å². The molecule has 0 bridgehead atoms. The van der Waals surface area contributed by atoms with Crippen LogP contribution in [-0.4, -0.2) is 56.9 Å². The van der Waals surface area contributed by atoms with Crippen molar-refractivity contribution in [2.45, 2.75) is 12.0 Å². The number of allylic oxidation sites excluding steroid dienone is 2. The lowest BCUT2D eigenvalue weighted by Gasteiger charge is -2.29. The summed E-state index contributed by atoms with van der Waals surface area (Å²) in [6, 6.07) is 11.4. The molecule has 2 atom stereocenters. The van der Waals surface area contributed by atoms with Gasteiger partial charge in [0.1, 0.15) is 5.75 Å². The van der Waals surface area contributed by atoms with Crippen molar-refractivity contribution in [3.05, 3.63) is 70.3 Å². The molecule has 10 heteroatoms. The van der Waals surface area contributed by atoms with Gasteiger partial charge in [0.05, 0.1) is 29.2 Å². The van der Waals surface area contributed by atoms with E-state index in [-0.39, 0.29) is 23.5 Å². The Hall–Kier alpha value is -2.49. The molecule has 5 rings (SSSR count). The smallest absolute Gasteiger partial charge is 0.246 e. The van der Waals surface area contributed by atoms with Gasteiger partial charge in [-0.2, -0.15) is 0 Å². The topological polar surface area (TPSA) is 102 Å². The number of primary amides is 1. The van der Waals surface area contributed by atoms with E-state index in [1.165, 1.54) is 0 Å². The lowest BCUT2D eigenvalue weighted by molar-refractivity contribution is -0.114. The molecule has 0 radical (unpaired) electrons. The quantitative estimate of drug-likeness (QED) is 0.507. The Labute approximate surface area is 218 Å². The van der Waals surface area contributed by atoms with E-state index in [0.29, 0.717) is 41.4 Å². The highest BCUT2D eigenvalue weighted by Gasteiger charge is 2.38. The Morgan fingerprint density at radius 1 is 1.20 bits per heavy atom. The van der Waals surface area contributed by atoms with Crippen LogP contribution in [0.2, 0.25) is 5.02 Å². The van der Waals surface area contributed by atoms with Gasteiger partial charge in [0.2, 0.25) is 5.91 Å². The maximum absolute atomic E-state index is 12.4. The summed E-state index contributed by atoms with van der Waals surface area (Å²) in [6.07, 6.45) is 3.96. The molecule has 0 saturated carbocycles. The number of anilines is 2. The first kappa shape index (κ1) is 24.2. The first-order valence-corrected chi connectivity index (χ1v) is 14.7. The molecule has 1 fully saturated rings. The zero-order valence-corrected chi connectivity index (χ0v) is 22.0. The second kappa shape index (κ2) is 9.52. The van der Waals surface area contributed by atoms with Gasteiger partial charge < -0.3 is 20.7 Å². The minimum absolute atomic E-state index is 0.0774. The predicted molar refractivity (Wildman–Crippen MR) is 143 cm³/mol. The highest BCUT2D eigenvalue weighted by molar-refractivity contribution is 9.09. The number of nitrogens with one attached hydrogen (secondary N) is 1. The molecule has 2 aromatic rings. The number of nitrogens with zero attached hydrogens (tertiary/aromatic N) is 1. The molecule has 3 N–H and O–H groups in total. The summed E-state index contributed by atoms with van der Waals surface area (Å²) in [4.78, 5) is 14.5. The van der Waals surface area contributed by atoms with Crippen LogP contribution >= 0.6 is 27.5 Å². The maximum atomic E-state index is 12.4. The number of amides is 1. The van der Waals surface area contributed by atoms with Gasteiger partial charge in [-0.3, -0.25) is 4.79 Å². The van der Waals surface area contributed by atoms with Crippen molar-refractivity contribution in [1.29, 1.82) is 0 Å². The van der Waals surface area contributed by atoms with Crippen LogP contribution in [0.5, 0.6) is 5.75 Å². The molecule has 2 aliphatic heterocycles. The summed E-state index contributed by atoms with van der Waals surface area (Å²) in [6.45, 7) is 1.45. The lowest BCUT2D eigenvalue weighted by Crippen LogP contribution is -2.40. The monoisotopic (exact) mass is 577 g/mol. The molecule has 0 aromatic heterocycles. The second-order valence-electron chi connectivity index (χ2n) is 8.83. The molecular formula is C25H25BrClN3O4S. The molecule has 7 nitrogen and oxygen atoms in total. The van der Waals surface area contributed by atoms with E-state index in [9.17, 15) is 13.2 Å². The molecule has 2 aromatic carbocycles. The maximum Gasteiger partial charge on any atom is 0.246 e. The minimum Gasteiger partial charge on any atom is -0.491 e. The van der Waals surface area contributed by atoms with Gasteiger partial charge in [-0.25, -0.2) is 8.42 Å². The van der Waals surface area contributed by atoms with Crippen molar-refractivity contribution >= 4 is 60.2 Å². The van der Waals surface area contributed by atoms with Crippen molar-refractivity contribution in [2.24, 2.45) is 5.73 Å². The zero-order chi connectivity index (χ0) is 24.7. The molecule has 3 aliphatic rings. The Balaban J connectivity index is 1.46. The number of rotatable bonds is 6. The summed E-state index contributed by atoms with van der Waals surface area (Å²) in [7, 11) is -2.96. The highest BCUT2D eigenvalue weighted by atomic mass is 79.9. The molecule has 1 amide bonds. The number of hydrogen-bond donors (Lipinski definition) is 2. The predicted octanol–water partition coefficient (Wildman–Crippen LogP) is 3.74. The van der Waals surface area contributed by atoms with Crippen LogP contribution in [-0.2, 0) is 14.6 Å². The fraction of sp³-hybridized carbons (Fsp3) is 0.320.